The molecule has 4 aliphatic rings. The van der Waals surface area contributed by atoms with E-state index in [0.29, 0.717) is 22.9 Å². The molecule has 1 aromatic heterocycles. The van der Waals surface area contributed by atoms with Gasteiger partial charge < -0.3 is 9.13 Å². The third-order valence-electron chi connectivity index (χ3n) is 5.72. The predicted molar refractivity (Wildman–Crippen MR) is 97.4 cm³/mol. The fourth-order valence-electron chi connectivity index (χ4n) is 4.43. The summed E-state index contributed by atoms with van der Waals surface area (Å²) < 4.78 is 8.14. The zero-order valence-corrected chi connectivity index (χ0v) is 14.6. The van der Waals surface area contributed by atoms with Gasteiger partial charge in [0.2, 0.25) is 0 Å². The van der Waals surface area contributed by atoms with E-state index in [1.165, 1.54) is 10.3 Å². The second-order valence-corrected chi connectivity index (χ2v) is 8.53. The molecule has 0 amide bonds. The molecule has 3 fully saturated rings. The molecule has 7 heteroatoms. The largest absolute Gasteiger partial charge is 0.481 e. The summed E-state index contributed by atoms with van der Waals surface area (Å²) in [6.45, 7) is 5.80. The Morgan fingerprint density at radius 3 is 3.00 bits per heavy atom. The lowest BCUT2D eigenvalue weighted by atomic mass is 9.72. The van der Waals surface area contributed by atoms with E-state index in [1.807, 2.05) is 0 Å². The summed E-state index contributed by atoms with van der Waals surface area (Å²) in [5.74, 6) is 0.571. The molecule has 5 nitrogen and oxygen atoms in total. The van der Waals surface area contributed by atoms with Gasteiger partial charge in [-0.15, -0.1) is 0 Å². The van der Waals surface area contributed by atoms with Crippen LogP contribution in [0.4, 0.5) is 5.13 Å². The van der Waals surface area contributed by atoms with Gasteiger partial charge in [0.1, 0.15) is 6.54 Å². The fraction of sp³-hybridized carbons (Fsp3) is 0.529. The van der Waals surface area contributed by atoms with Crippen LogP contribution in [0.5, 0.6) is 0 Å². The zero-order valence-electron chi connectivity index (χ0n) is 13.8. The number of piperidine rings is 3. The van der Waals surface area contributed by atoms with Crippen LogP contribution in [0.25, 0.3) is 10.2 Å². The number of hydrogen-bond acceptors (Lipinski definition) is 5. The molecule has 1 spiro atoms. The van der Waals surface area contributed by atoms with Crippen molar-refractivity contribution in [1.82, 2.24) is 4.98 Å². The number of aromatic nitrogens is 1. The maximum atomic E-state index is 6.49. The minimum absolute atomic E-state index is 0.207. The summed E-state index contributed by atoms with van der Waals surface area (Å²) in [5, 5.41) is 4.12. The molecule has 6 rings (SSSR count). The van der Waals surface area contributed by atoms with Gasteiger partial charge in [-0.2, -0.15) is 0 Å². The predicted octanol–water partition coefficient (Wildman–Crippen LogP) is 2.47. The third kappa shape index (κ3) is 2.25. The highest BCUT2D eigenvalue weighted by Crippen LogP contribution is 2.43. The Bertz CT molecular complexity index is 842. The first-order valence-corrected chi connectivity index (χ1v) is 9.38. The van der Waals surface area contributed by atoms with Crippen LogP contribution in [-0.2, 0) is 4.74 Å². The van der Waals surface area contributed by atoms with E-state index in [-0.39, 0.29) is 5.60 Å². The highest BCUT2D eigenvalue weighted by molar-refractivity contribution is 7.22. The second kappa shape index (κ2) is 4.96. The first kappa shape index (κ1) is 14.7. The second-order valence-electron chi connectivity index (χ2n) is 7.50. The van der Waals surface area contributed by atoms with Gasteiger partial charge in [-0.1, -0.05) is 17.4 Å². The van der Waals surface area contributed by atoms with Crippen LogP contribution in [0.15, 0.2) is 23.2 Å². The molecule has 3 saturated heterocycles. The summed E-state index contributed by atoms with van der Waals surface area (Å²) >= 11 is 1.64. The molecule has 4 aliphatic heterocycles. The number of fused-ring (bicyclic) bond motifs is 3. The number of amidine groups is 1. The lowest BCUT2D eigenvalue weighted by Crippen LogP contribution is -2.69. The van der Waals surface area contributed by atoms with E-state index in [4.69, 9.17) is 12.7 Å². The Morgan fingerprint density at radius 1 is 1.38 bits per heavy atom. The molecule has 1 N–H and O–H groups in total. The van der Waals surface area contributed by atoms with E-state index in [2.05, 4.69) is 40.4 Å². The van der Waals surface area contributed by atoms with E-state index in [0.717, 1.165) is 43.1 Å². The molecular formula is C17H20BN4OS+. The van der Waals surface area contributed by atoms with Gasteiger partial charge in [0.15, 0.2) is 10.7 Å². The minimum Gasteiger partial charge on any atom is -0.450 e. The number of hydrogen-bond donors (Lipinski definition) is 1. The Kier molecular flexibility index (Phi) is 3.04. The number of benzene rings is 1. The van der Waals surface area contributed by atoms with Gasteiger partial charge in [0.25, 0.3) is 6.02 Å². The maximum Gasteiger partial charge on any atom is 0.481 e. The Balaban J connectivity index is 1.35. The van der Waals surface area contributed by atoms with Crippen molar-refractivity contribution in [3.05, 3.63) is 23.8 Å². The smallest absolute Gasteiger partial charge is 0.450 e. The molecule has 0 aliphatic carbocycles. The summed E-state index contributed by atoms with van der Waals surface area (Å²) in [6, 6.07) is 6.90. The van der Waals surface area contributed by atoms with Gasteiger partial charge in [-0.3, -0.25) is 5.32 Å². The van der Waals surface area contributed by atoms with Crippen LogP contribution in [0.2, 0.25) is 0 Å². The SMILES string of the molecule is [B][N+]12CCC(CC1)C1(CN=C(Nc3nc4ccc(C)cc4s3)O1)C2. The van der Waals surface area contributed by atoms with Crippen LogP contribution in [0.3, 0.4) is 0 Å². The van der Waals surface area contributed by atoms with E-state index in [1.54, 1.807) is 11.3 Å². The van der Waals surface area contributed by atoms with Crippen molar-refractivity contribution in [3.8, 4) is 0 Å². The average Bonchev–Trinajstić information content (AvgIpc) is 3.11. The van der Waals surface area contributed by atoms with Crippen LogP contribution in [0.1, 0.15) is 18.4 Å². The topological polar surface area (TPSA) is 46.5 Å². The lowest BCUT2D eigenvalue weighted by Gasteiger charge is -2.55. The molecule has 2 aromatic rings. The summed E-state index contributed by atoms with van der Waals surface area (Å²) in [4.78, 5) is 9.26. The minimum atomic E-state index is -0.207. The Hall–Kier alpha value is -1.60. The van der Waals surface area contributed by atoms with Crippen molar-refractivity contribution in [3.63, 3.8) is 0 Å². The average molecular weight is 339 g/mol. The van der Waals surface area contributed by atoms with Gasteiger partial charge in [0, 0.05) is 18.8 Å². The standard InChI is InChI=1S/C17H20BN4OS/c1-11-2-3-13-14(8-11)24-16(20-13)21-15-19-9-17(23-15)10-22(18)6-4-12(17)5-7-22/h2-3,8,12H,4-7,9-10H2,1H3,(H,19,20,21)/q+1. The number of ether oxygens (including phenoxy) is 1. The Labute approximate surface area is 146 Å². The van der Waals surface area contributed by atoms with Crippen molar-refractivity contribution in [2.75, 3.05) is 31.5 Å². The number of quaternary nitrogens is 1. The number of aryl methyl sites for hydroxylation is 1. The van der Waals surface area contributed by atoms with E-state index in [9.17, 15) is 0 Å². The zero-order chi connectivity index (χ0) is 16.4. The molecule has 0 saturated carbocycles. The Morgan fingerprint density at radius 2 is 2.21 bits per heavy atom. The van der Waals surface area contributed by atoms with Crippen molar-refractivity contribution < 1.29 is 9.13 Å². The molecule has 2 bridgehead atoms. The normalized spacial score (nSPS) is 34.5. The number of nitrogens with one attached hydrogen (secondary N) is 1. The quantitative estimate of drug-likeness (QED) is 0.812. The number of rotatable bonds is 1. The molecule has 1 atom stereocenters. The van der Waals surface area contributed by atoms with Crippen LogP contribution < -0.4 is 5.32 Å². The highest BCUT2D eigenvalue weighted by Gasteiger charge is 2.57. The van der Waals surface area contributed by atoms with Gasteiger partial charge in [-0.05, 0) is 24.6 Å². The molecule has 2 radical (unpaired) electrons. The number of thiazole rings is 1. The van der Waals surface area contributed by atoms with Crippen molar-refractivity contribution >= 4 is 40.7 Å². The molecular weight excluding hydrogens is 319 g/mol. The van der Waals surface area contributed by atoms with E-state index >= 15 is 0 Å². The van der Waals surface area contributed by atoms with Crippen LogP contribution in [-0.4, -0.2) is 55.2 Å². The van der Waals surface area contributed by atoms with Crippen molar-refractivity contribution in [2.45, 2.75) is 25.4 Å². The van der Waals surface area contributed by atoms with Crippen molar-refractivity contribution in [2.24, 2.45) is 10.9 Å². The van der Waals surface area contributed by atoms with E-state index < -0.39 is 0 Å². The number of nitrogens with zero attached hydrogens (tertiary/aromatic N) is 3. The number of aliphatic imine (C=N–C) groups is 1. The van der Waals surface area contributed by atoms with Crippen molar-refractivity contribution in [1.29, 1.82) is 0 Å². The van der Waals surface area contributed by atoms with Crippen LogP contribution >= 0.6 is 11.3 Å². The first-order valence-electron chi connectivity index (χ1n) is 8.56. The highest BCUT2D eigenvalue weighted by atomic mass is 32.1. The first-order chi connectivity index (χ1) is 11.5. The van der Waals surface area contributed by atoms with Crippen LogP contribution in [0, 0.1) is 12.8 Å². The maximum absolute atomic E-state index is 6.49. The summed E-state index contributed by atoms with van der Waals surface area (Å²) in [7, 11) is 6.49. The molecule has 1 aromatic carbocycles. The molecule has 122 valence electrons. The molecule has 5 heterocycles. The van der Waals surface area contributed by atoms with Gasteiger partial charge in [0.05, 0.1) is 29.9 Å². The lowest BCUT2D eigenvalue weighted by molar-refractivity contribution is -0.845. The monoisotopic (exact) mass is 339 g/mol. The third-order valence-corrected chi connectivity index (χ3v) is 6.65. The molecule has 24 heavy (non-hydrogen) atoms. The number of anilines is 1. The fourth-order valence-corrected chi connectivity index (χ4v) is 5.38. The summed E-state index contributed by atoms with van der Waals surface area (Å²) in [6.07, 6.45) is 2.28. The van der Waals surface area contributed by atoms with Gasteiger partial charge in [-0.25, -0.2) is 9.98 Å². The van der Waals surface area contributed by atoms with Gasteiger partial charge >= 0.3 is 7.98 Å². The molecule has 1 unspecified atom stereocenters. The summed E-state index contributed by atoms with van der Waals surface area (Å²) in [5.41, 5.74) is 2.05.